The van der Waals surface area contributed by atoms with Gasteiger partial charge in [-0.2, -0.15) is 5.10 Å². The van der Waals surface area contributed by atoms with Crippen LogP contribution in [0.5, 0.6) is 0 Å². The number of likely N-dealkylation sites (tertiary alicyclic amines) is 1. The zero-order valence-electron chi connectivity index (χ0n) is 16.3. The number of nitrogens with zero attached hydrogens (tertiary/aromatic N) is 4. The molecule has 1 N–H and O–H groups in total. The van der Waals surface area contributed by atoms with E-state index in [1.807, 2.05) is 41.4 Å². The van der Waals surface area contributed by atoms with Crippen molar-refractivity contribution in [3.8, 4) is 11.3 Å². The van der Waals surface area contributed by atoms with Crippen molar-refractivity contribution in [1.82, 2.24) is 24.6 Å². The summed E-state index contributed by atoms with van der Waals surface area (Å²) in [5.41, 5.74) is 2.41. The Morgan fingerprint density at radius 1 is 1.29 bits per heavy atom. The molecule has 4 rings (SSSR count). The Morgan fingerprint density at radius 2 is 2.14 bits per heavy atom. The summed E-state index contributed by atoms with van der Waals surface area (Å²) < 4.78 is 2.26. The van der Waals surface area contributed by atoms with Gasteiger partial charge in [0, 0.05) is 43.5 Å². The zero-order valence-corrected chi connectivity index (χ0v) is 16.3. The minimum absolute atomic E-state index is 0.0453. The van der Waals surface area contributed by atoms with Crippen molar-refractivity contribution in [2.75, 3.05) is 13.1 Å². The summed E-state index contributed by atoms with van der Waals surface area (Å²) in [6, 6.07) is 9.90. The average Bonchev–Trinajstić information content (AvgIpc) is 3.42. The fraction of sp³-hybridized carbons (Fsp3) is 0.409. The van der Waals surface area contributed by atoms with Gasteiger partial charge in [-0.15, -0.1) is 0 Å². The van der Waals surface area contributed by atoms with Crippen LogP contribution in [-0.4, -0.2) is 43.6 Å². The van der Waals surface area contributed by atoms with Crippen LogP contribution >= 0.6 is 0 Å². The van der Waals surface area contributed by atoms with Gasteiger partial charge in [-0.1, -0.05) is 43.7 Å². The number of rotatable bonds is 6. The summed E-state index contributed by atoms with van der Waals surface area (Å²) in [6.07, 6.45) is 9.98. The number of nitrogens with one attached hydrogen (secondary N) is 1. The first-order valence-corrected chi connectivity index (χ1v) is 10.2. The Balaban J connectivity index is 1.52. The van der Waals surface area contributed by atoms with Crippen molar-refractivity contribution in [2.24, 2.45) is 0 Å². The van der Waals surface area contributed by atoms with E-state index < -0.39 is 0 Å². The molecule has 0 radical (unpaired) electrons. The molecule has 2 aromatic heterocycles. The highest BCUT2D eigenvalue weighted by molar-refractivity contribution is 5.99. The Hall–Kier alpha value is -2.89. The summed E-state index contributed by atoms with van der Waals surface area (Å²) in [6.45, 7) is 4.69. The fourth-order valence-electron chi connectivity index (χ4n) is 4.01. The van der Waals surface area contributed by atoms with Crippen molar-refractivity contribution in [2.45, 2.75) is 45.1 Å². The fourth-order valence-corrected chi connectivity index (χ4v) is 4.01. The Bertz CT molecular complexity index is 914. The molecule has 0 saturated carbocycles. The molecular weight excluding hydrogens is 350 g/mol. The Labute approximate surface area is 165 Å². The van der Waals surface area contributed by atoms with Crippen molar-refractivity contribution >= 4 is 5.91 Å². The molecule has 6 heteroatoms. The molecule has 0 unspecified atom stereocenters. The quantitative estimate of drug-likeness (QED) is 0.703. The van der Waals surface area contributed by atoms with Crippen LogP contribution in [0.25, 0.3) is 11.3 Å². The van der Waals surface area contributed by atoms with Gasteiger partial charge >= 0.3 is 0 Å². The molecule has 1 aromatic carbocycles. The molecule has 1 aliphatic heterocycles. The van der Waals surface area contributed by atoms with Gasteiger partial charge in [0.15, 0.2) is 0 Å². The highest BCUT2D eigenvalue weighted by Gasteiger charge is 2.29. The van der Waals surface area contributed by atoms with Gasteiger partial charge in [-0.3, -0.25) is 9.89 Å². The molecular formula is C22H27N5O. The van der Waals surface area contributed by atoms with Gasteiger partial charge in [-0.25, -0.2) is 4.98 Å². The number of aryl methyl sites for hydroxylation is 1. The second-order valence-electron chi connectivity index (χ2n) is 7.45. The molecule has 3 aromatic rings. The normalized spacial score (nSPS) is 17.0. The molecule has 0 aliphatic carbocycles. The lowest BCUT2D eigenvalue weighted by atomic mass is 9.96. The first kappa shape index (κ1) is 18.5. The number of H-pyrrole nitrogens is 1. The molecule has 0 spiro atoms. The van der Waals surface area contributed by atoms with E-state index in [2.05, 4.69) is 32.9 Å². The third-order valence-corrected chi connectivity index (χ3v) is 5.51. The number of hydrogen-bond acceptors (Lipinski definition) is 3. The predicted molar refractivity (Wildman–Crippen MR) is 109 cm³/mol. The van der Waals surface area contributed by atoms with Crippen molar-refractivity contribution < 1.29 is 4.79 Å². The number of benzene rings is 1. The Kier molecular flexibility index (Phi) is 5.55. The molecule has 3 heterocycles. The molecule has 1 amide bonds. The van der Waals surface area contributed by atoms with Gasteiger partial charge in [-0.05, 0) is 19.3 Å². The smallest absolute Gasteiger partial charge is 0.257 e. The van der Waals surface area contributed by atoms with E-state index in [1.54, 1.807) is 6.20 Å². The van der Waals surface area contributed by atoms with E-state index in [1.165, 1.54) is 0 Å². The molecule has 146 valence electrons. The summed E-state index contributed by atoms with van der Waals surface area (Å²) >= 11 is 0. The lowest BCUT2D eigenvalue weighted by Crippen LogP contribution is -2.39. The molecule has 1 saturated heterocycles. The second kappa shape index (κ2) is 8.42. The number of imidazole rings is 1. The minimum Gasteiger partial charge on any atom is -0.338 e. The first-order chi connectivity index (χ1) is 13.8. The van der Waals surface area contributed by atoms with Crippen molar-refractivity contribution in [3.63, 3.8) is 0 Å². The van der Waals surface area contributed by atoms with Crippen molar-refractivity contribution in [3.05, 3.63) is 60.3 Å². The Morgan fingerprint density at radius 3 is 2.96 bits per heavy atom. The summed E-state index contributed by atoms with van der Waals surface area (Å²) in [7, 11) is 0. The monoisotopic (exact) mass is 377 g/mol. The third kappa shape index (κ3) is 3.72. The van der Waals surface area contributed by atoms with Crippen molar-refractivity contribution in [1.29, 1.82) is 0 Å². The number of amides is 1. The highest BCUT2D eigenvalue weighted by atomic mass is 16.2. The van der Waals surface area contributed by atoms with E-state index in [0.29, 0.717) is 12.1 Å². The third-order valence-electron chi connectivity index (χ3n) is 5.51. The number of hydrogen-bond donors (Lipinski definition) is 1. The SMILES string of the molecule is CCCCn1ccnc1[C@H]1CCCN(C(=O)c2cn[nH]c2-c2ccccc2)C1. The van der Waals surface area contributed by atoms with Crippen LogP contribution in [0.1, 0.15) is 54.7 Å². The summed E-state index contributed by atoms with van der Waals surface area (Å²) in [5, 5.41) is 7.14. The average molecular weight is 377 g/mol. The number of unbranched alkanes of at least 4 members (excludes halogenated alkanes) is 1. The molecule has 1 atom stereocenters. The maximum absolute atomic E-state index is 13.3. The topological polar surface area (TPSA) is 66.8 Å². The maximum Gasteiger partial charge on any atom is 0.257 e. The number of piperidine rings is 1. The zero-order chi connectivity index (χ0) is 19.3. The standard InChI is InChI=1S/C22H27N5O/c1-2-3-12-26-14-11-23-21(26)18-10-7-13-27(16-18)22(28)19-15-24-25-20(19)17-8-5-4-6-9-17/h4-6,8-9,11,14-15,18H,2-3,7,10,12-13,16H2,1H3,(H,24,25)/t18-/m0/s1. The summed E-state index contributed by atoms with van der Waals surface area (Å²) in [4.78, 5) is 19.8. The summed E-state index contributed by atoms with van der Waals surface area (Å²) in [5.74, 6) is 1.45. The highest BCUT2D eigenvalue weighted by Crippen LogP contribution is 2.29. The largest absolute Gasteiger partial charge is 0.338 e. The first-order valence-electron chi connectivity index (χ1n) is 10.2. The van der Waals surface area contributed by atoms with E-state index in [-0.39, 0.29) is 11.8 Å². The molecule has 1 fully saturated rings. The van der Waals surface area contributed by atoms with E-state index in [4.69, 9.17) is 0 Å². The van der Waals surface area contributed by atoms with Crippen LogP contribution in [0.3, 0.4) is 0 Å². The number of carbonyl (C=O) groups is 1. The van der Waals surface area contributed by atoms with Gasteiger partial charge in [0.05, 0.1) is 17.5 Å². The molecule has 28 heavy (non-hydrogen) atoms. The molecule has 1 aliphatic rings. The van der Waals surface area contributed by atoms with Gasteiger partial charge in [0.1, 0.15) is 5.82 Å². The van der Waals surface area contributed by atoms with E-state index >= 15 is 0 Å². The molecule has 6 nitrogen and oxygen atoms in total. The number of carbonyl (C=O) groups excluding carboxylic acids is 1. The maximum atomic E-state index is 13.3. The predicted octanol–water partition coefficient (Wildman–Crippen LogP) is 4.09. The lowest BCUT2D eigenvalue weighted by Gasteiger charge is -2.32. The number of aromatic nitrogens is 4. The number of aromatic amines is 1. The van der Waals surface area contributed by atoms with Crippen LogP contribution < -0.4 is 0 Å². The van der Waals surface area contributed by atoms with Crippen LogP contribution in [0.2, 0.25) is 0 Å². The van der Waals surface area contributed by atoms with Crippen LogP contribution in [0.15, 0.2) is 48.9 Å². The van der Waals surface area contributed by atoms with Crippen LogP contribution in [0.4, 0.5) is 0 Å². The van der Waals surface area contributed by atoms with Gasteiger partial charge < -0.3 is 9.47 Å². The lowest BCUT2D eigenvalue weighted by molar-refractivity contribution is 0.0704. The minimum atomic E-state index is 0.0453. The van der Waals surface area contributed by atoms with E-state index in [9.17, 15) is 4.79 Å². The van der Waals surface area contributed by atoms with E-state index in [0.717, 1.165) is 55.9 Å². The molecule has 0 bridgehead atoms. The second-order valence-corrected chi connectivity index (χ2v) is 7.45. The van der Waals surface area contributed by atoms with Gasteiger partial charge in [0.25, 0.3) is 5.91 Å². The van der Waals surface area contributed by atoms with Crippen LogP contribution in [-0.2, 0) is 6.54 Å². The van der Waals surface area contributed by atoms with Crippen LogP contribution in [0, 0.1) is 0 Å². The van der Waals surface area contributed by atoms with Gasteiger partial charge in [0.2, 0.25) is 0 Å².